The summed E-state index contributed by atoms with van der Waals surface area (Å²) in [7, 11) is 0. The van der Waals surface area contributed by atoms with Crippen LogP contribution in [0.2, 0.25) is 0 Å². The largest absolute Gasteiger partial charge is 0.375 e. The fraction of sp³-hybridized carbons (Fsp3) is 0.909. The molecule has 0 N–H and O–H groups in total. The lowest BCUT2D eigenvalue weighted by atomic mass is 9.91. The van der Waals surface area contributed by atoms with Crippen LogP contribution in [-0.2, 0) is 9.53 Å². The van der Waals surface area contributed by atoms with Gasteiger partial charge in [-0.2, -0.15) is 0 Å². The quantitative estimate of drug-likeness (QED) is 0.692. The number of likely N-dealkylation sites (tertiary alicyclic amines) is 1. The molecule has 0 bridgehead atoms. The topological polar surface area (TPSA) is 29.5 Å². The molecule has 0 aromatic heterocycles. The number of carbonyl (C=O) groups is 1. The number of carbonyl (C=O) groups excluding carboxylic acids is 1. The van der Waals surface area contributed by atoms with Crippen molar-refractivity contribution in [2.45, 2.75) is 40.2 Å². The Morgan fingerprint density at radius 3 is 2.43 bits per heavy atom. The molecule has 82 valence electrons. The highest BCUT2D eigenvalue weighted by molar-refractivity contribution is 5.77. The first-order valence-electron chi connectivity index (χ1n) is 5.32. The van der Waals surface area contributed by atoms with Crippen molar-refractivity contribution in [2.75, 3.05) is 19.7 Å². The van der Waals surface area contributed by atoms with E-state index in [9.17, 15) is 4.79 Å². The molecule has 3 heteroatoms. The van der Waals surface area contributed by atoms with E-state index in [1.54, 1.807) is 0 Å². The molecule has 0 aromatic rings. The predicted octanol–water partition coefficient (Wildman–Crippen LogP) is 1.67. The maximum atomic E-state index is 11.7. The van der Waals surface area contributed by atoms with Crippen LogP contribution in [0.1, 0.15) is 34.1 Å². The van der Waals surface area contributed by atoms with E-state index in [2.05, 4.69) is 20.8 Å². The zero-order valence-electron chi connectivity index (χ0n) is 9.67. The monoisotopic (exact) mass is 199 g/mol. The second-order valence-electron chi connectivity index (χ2n) is 5.11. The number of rotatable bonds is 3. The zero-order chi connectivity index (χ0) is 10.8. The summed E-state index contributed by atoms with van der Waals surface area (Å²) in [6, 6.07) is 0. The van der Waals surface area contributed by atoms with Crippen molar-refractivity contribution in [1.29, 1.82) is 0 Å². The van der Waals surface area contributed by atoms with Crippen molar-refractivity contribution < 1.29 is 9.53 Å². The standard InChI is InChI=1S/C11H21NO2/c1-5-14-9-7-12(8-9)10(13)6-11(2,3)4/h9H,5-8H2,1-4H3. The molecule has 0 spiro atoms. The zero-order valence-corrected chi connectivity index (χ0v) is 9.67. The van der Waals surface area contributed by atoms with E-state index < -0.39 is 0 Å². The van der Waals surface area contributed by atoms with E-state index in [1.165, 1.54) is 0 Å². The number of ether oxygens (including phenoxy) is 1. The third-order valence-corrected chi connectivity index (χ3v) is 2.28. The molecule has 1 rings (SSSR count). The Balaban J connectivity index is 2.23. The van der Waals surface area contributed by atoms with Crippen molar-refractivity contribution in [3.05, 3.63) is 0 Å². The molecule has 3 nitrogen and oxygen atoms in total. The third kappa shape index (κ3) is 3.29. The Morgan fingerprint density at radius 1 is 1.43 bits per heavy atom. The minimum Gasteiger partial charge on any atom is -0.375 e. The van der Waals surface area contributed by atoms with Gasteiger partial charge in [-0.25, -0.2) is 0 Å². The summed E-state index contributed by atoms with van der Waals surface area (Å²) < 4.78 is 5.39. The minimum absolute atomic E-state index is 0.0911. The molecule has 0 unspecified atom stereocenters. The Bertz CT molecular complexity index is 202. The summed E-state index contributed by atoms with van der Waals surface area (Å²) >= 11 is 0. The molecule has 1 amide bonds. The molecule has 1 aliphatic rings. The Kier molecular flexibility index (Phi) is 3.53. The summed E-state index contributed by atoms with van der Waals surface area (Å²) in [6.07, 6.45) is 0.912. The van der Waals surface area contributed by atoms with E-state index >= 15 is 0 Å². The molecule has 0 atom stereocenters. The molecule has 1 heterocycles. The van der Waals surface area contributed by atoms with E-state index in [0.29, 0.717) is 6.42 Å². The molecule has 0 aliphatic carbocycles. The van der Waals surface area contributed by atoms with E-state index in [4.69, 9.17) is 4.74 Å². The van der Waals surface area contributed by atoms with Gasteiger partial charge in [0.1, 0.15) is 0 Å². The van der Waals surface area contributed by atoms with Crippen LogP contribution in [0.25, 0.3) is 0 Å². The van der Waals surface area contributed by atoms with Crippen LogP contribution >= 0.6 is 0 Å². The summed E-state index contributed by atoms with van der Waals surface area (Å²) in [5, 5.41) is 0. The van der Waals surface area contributed by atoms with Gasteiger partial charge in [-0.3, -0.25) is 4.79 Å². The molecule has 0 aromatic carbocycles. The molecular formula is C11H21NO2. The van der Waals surface area contributed by atoms with Gasteiger partial charge in [-0.1, -0.05) is 20.8 Å². The van der Waals surface area contributed by atoms with Gasteiger partial charge in [0.05, 0.1) is 6.10 Å². The Hall–Kier alpha value is -0.570. The van der Waals surface area contributed by atoms with Gasteiger partial charge in [-0.15, -0.1) is 0 Å². The van der Waals surface area contributed by atoms with Crippen molar-refractivity contribution in [1.82, 2.24) is 4.90 Å². The first kappa shape index (κ1) is 11.5. The second kappa shape index (κ2) is 4.30. The van der Waals surface area contributed by atoms with Gasteiger partial charge in [0.25, 0.3) is 0 Å². The van der Waals surface area contributed by atoms with Crippen LogP contribution in [0.3, 0.4) is 0 Å². The van der Waals surface area contributed by atoms with Crippen LogP contribution in [-0.4, -0.2) is 36.6 Å². The lowest BCUT2D eigenvalue weighted by molar-refractivity contribution is -0.146. The van der Waals surface area contributed by atoms with Gasteiger partial charge in [-0.05, 0) is 12.3 Å². The Labute approximate surface area is 86.4 Å². The third-order valence-electron chi connectivity index (χ3n) is 2.28. The van der Waals surface area contributed by atoms with E-state index in [-0.39, 0.29) is 17.4 Å². The number of amides is 1. The normalized spacial score (nSPS) is 18.1. The summed E-state index contributed by atoms with van der Waals surface area (Å²) in [4.78, 5) is 13.5. The van der Waals surface area contributed by atoms with Gasteiger partial charge < -0.3 is 9.64 Å². The predicted molar refractivity (Wildman–Crippen MR) is 56.1 cm³/mol. The fourth-order valence-electron chi connectivity index (χ4n) is 1.55. The van der Waals surface area contributed by atoms with E-state index in [1.807, 2.05) is 11.8 Å². The molecule has 14 heavy (non-hydrogen) atoms. The Morgan fingerprint density at radius 2 is 2.00 bits per heavy atom. The van der Waals surface area contributed by atoms with Crippen LogP contribution in [0.15, 0.2) is 0 Å². The highest BCUT2D eigenvalue weighted by Crippen LogP contribution is 2.22. The van der Waals surface area contributed by atoms with Crippen LogP contribution in [0.4, 0.5) is 0 Å². The van der Waals surface area contributed by atoms with Crippen LogP contribution < -0.4 is 0 Å². The summed E-state index contributed by atoms with van der Waals surface area (Å²) in [5.41, 5.74) is 0.0911. The molecular weight excluding hydrogens is 178 g/mol. The van der Waals surface area contributed by atoms with Crippen molar-refractivity contribution >= 4 is 5.91 Å². The molecule has 0 radical (unpaired) electrons. The summed E-state index contributed by atoms with van der Waals surface area (Å²) in [6.45, 7) is 10.6. The smallest absolute Gasteiger partial charge is 0.223 e. The van der Waals surface area contributed by atoms with E-state index in [0.717, 1.165) is 19.7 Å². The first-order chi connectivity index (χ1) is 6.42. The van der Waals surface area contributed by atoms with Gasteiger partial charge in [0.15, 0.2) is 0 Å². The maximum absolute atomic E-state index is 11.7. The van der Waals surface area contributed by atoms with Crippen LogP contribution in [0.5, 0.6) is 0 Å². The van der Waals surface area contributed by atoms with Gasteiger partial charge in [0, 0.05) is 26.1 Å². The lowest BCUT2D eigenvalue weighted by Gasteiger charge is -2.39. The van der Waals surface area contributed by atoms with Gasteiger partial charge >= 0.3 is 0 Å². The SMILES string of the molecule is CCOC1CN(C(=O)CC(C)(C)C)C1. The van der Waals surface area contributed by atoms with Crippen LogP contribution in [0, 0.1) is 5.41 Å². The number of hydrogen-bond acceptors (Lipinski definition) is 2. The molecule has 1 saturated heterocycles. The average Bonchev–Trinajstić information content (AvgIpc) is 1.91. The summed E-state index contributed by atoms with van der Waals surface area (Å²) in [5.74, 6) is 0.258. The van der Waals surface area contributed by atoms with Crippen molar-refractivity contribution in [3.63, 3.8) is 0 Å². The number of nitrogens with zero attached hydrogens (tertiary/aromatic N) is 1. The molecule has 1 fully saturated rings. The van der Waals surface area contributed by atoms with Gasteiger partial charge in [0.2, 0.25) is 5.91 Å². The average molecular weight is 199 g/mol. The van der Waals surface area contributed by atoms with Crippen molar-refractivity contribution in [3.8, 4) is 0 Å². The second-order valence-corrected chi connectivity index (χ2v) is 5.11. The molecule has 0 saturated carbocycles. The highest BCUT2D eigenvalue weighted by atomic mass is 16.5. The first-order valence-corrected chi connectivity index (χ1v) is 5.32. The number of hydrogen-bond donors (Lipinski definition) is 0. The molecule has 1 aliphatic heterocycles. The van der Waals surface area contributed by atoms with Crippen molar-refractivity contribution in [2.24, 2.45) is 5.41 Å². The minimum atomic E-state index is 0.0911. The highest BCUT2D eigenvalue weighted by Gasteiger charge is 2.32. The maximum Gasteiger partial charge on any atom is 0.223 e. The lowest BCUT2D eigenvalue weighted by Crippen LogP contribution is -2.55. The fourth-order valence-corrected chi connectivity index (χ4v) is 1.55.